The molecule has 1 aromatic carbocycles. The van der Waals surface area contributed by atoms with Crippen molar-refractivity contribution in [3.63, 3.8) is 0 Å². The van der Waals surface area contributed by atoms with Crippen molar-refractivity contribution < 1.29 is 13.9 Å². The van der Waals surface area contributed by atoms with Crippen molar-refractivity contribution >= 4 is 16.9 Å². The molecule has 0 N–H and O–H groups in total. The van der Waals surface area contributed by atoms with E-state index in [1.54, 1.807) is 23.1 Å². The molecule has 1 atom stereocenters. The molecule has 1 aliphatic rings. The average molecular weight is 273 g/mol. The highest BCUT2D eigenvalue weighted by Crippen LogP contribution is 2.15. The number of hydrogen-bond acceptors (Lipinski definition) is 4. The Bertz CT molecular complexity index is 706. The molecule has 1 aromatic heterocycles. The molecule has 1 amide bonds. The molecule has 5 nitrogen and oxygen atoms in total. The summed E-state index contributed by atoms with van der Waals surface area (Å²) >= 11 is 0. The van der Waals surface area contributed by atoms with Crippen molar-refractivity contribution in [3.05, 3.63) is 46.3 Å². The van der Waals surface area contributed by atoms with Crippen LogP contribution in [0, 0.1) is 0 Å². The van der Waals surface area contributed by atoms with Crippen LogP contribution in [0.15, 0.2) is 39.5 Å². The number of benzene rings is 1. The molecule has 1 aliphatic heterocycles. The molecule has 2 heterocycles. The van der Waals surface area contributed by atoms with Crippen LogP contribution in [-0.2, 0) is 4.74 Å². The molecule has 0 saturated carbocycles. The minimum Gasteiger partial charge on any atom is -0.422 e. The average Bonchev–Trinajstić information content (AvgIpc) is 2.46. The SMILES string of the molecule is CC1CN(C(=O)c2cc3ccccc3oc2=O)CCO1. The number of fused-ring (bicyclic) bond motifs is 1. The van der Waals surface area contributed by atoms with Gasteiger partial charge in [-0.3, -0.25) is 4.79 Å². The predicted molar refractivity (Wildman–Crippen MR) is 73.8 cm³/mol. The molecule has 1 unspecified atom stereocenters. The summed E-state index contributed by atoms with van der Waals surface area (Å²) < 4.78 is 10.6. The molecule has 1 saturated heterocycles. The third-order valence-electron chi connectivity index (χ3n) is 3.40. The van der Waals surface area contributed by atoms with Gasteiger partial charge in [-0.15, -0.1) is 0 Å². The third-order valence-corrected chi connectivity index (χ3v) is 3.40. The lowest BCUT2D eigenvalue weighted by molar-refractivity contribution is -0.0125. The summed E-state index contributed by atoms with van der Waals surface area (Å²) in [4.78, 5) is 26.0. The van der Waals surface area contributed by atoms with Gasteiger partial charge in [0, 0.05) is 18.5 Å². The fourth-order valence-corrected chi connectivity index (χ4v) is 2.38. The van der Waals surface area contributed by atoms with Crippen LogP contribution in [-0.4, -0.2) is 36.6 Å². The van der Waals surface area contributed by atoms with Gasteiger partial charge < -0.3 is 14.1 Å². The number of nitrogens with zero attached hydrogens (tertiary/aromatic N) is 1. The van der Waals surface area contributed by atoms with Gasteiger partial charge in [-0.1, -0.05) is 18.2 Å². The molecule has 104 valence electrons. The zero-order chi connectivity index (χ0) is 14.1. The van der Waals surface area contributed by atoms with Crippen molar-refractivity contribution in [1.82, 2.24) is 4.90 Å². The standard InChI is InChI=1S/C15H15NO4/c1-10-9-16(6-7-19-10)14(17)12-8-11-4-2-3-5-13(11)20-15(12)18/h2-5,8,10H,6-7,9H2,1H3. The molecule has 0 aliphatic carbocycles. The van der Waals surface area contributed by atoms with E-state index in [1.165, 1.54) is 0 Å². The van der Waals surface area contributed by atoms with Crippen LogP contribution in [0.4, 0.5) is 0 Å². The minimum atomic E-state index is -0.590. The van der Waals surface area contributed by atoms with E-state index in [2.05, 4.69) is 0 Å². The number of carbonyl (C=O) groups excluding carboxylic acids is 1. The maximum atomic E-state index is 12.4. The summed E-state index contributed by atoms with van der Waals surface area (Å²) in [6, 6.07) is 8.76. The number of amides is 1. The van der Waals surface area contributed by atoms with Crippen molar-refractivity contribution in [2.24, 2.45) is 0 Å². The Labute approximate surface area is 115 Å². The summed E-state index contributed by atoms with van der Waals surface area (Å²) in [7, 11) is 0. The first kappa shape index (κ1) is 12.9. The first-order chi connectivity index (χ1) is 9.65. The summed E-state index contributed by atoms with van der Waals surface area (Å²) in [5, 5.41) is 0.747. The number of para-hydroxylation sites is 1. The van der Waals surface area contributed by atoms with Crippen LogP contribution >= 0.6 is 0 Å². The molecule has 0 spiro atoms. The Morgan fingerprint density at radius 2 is 2.15 bits per heavy atom. The van der Waals surface area contributed by atoms with Gasteiger partial charge in [0.05, 0.1) is 12.7 Å². The van der Waals surface area contributed by atoms with Gasteiger partial charge in [0.1, 0.15) is 11.1 Å². The molecule has 1 fully saturated rings. The van der Waals surface area contributed by atoms with Crippen molar-refractivity contribution in [2.45, 2.75) is 13.0 Å². The molecular formula is C15H15NO4. The smallest absolute Gasteiger partial charge is 0.349 e. The predicted octanol–water partition coefficient (Wildman–Crippen LogP) is 1.65. The fourth-order valence-electron chi connectivity index (χ4n) is 2.38. The topological polar surface area (TPSA) is 59.8 Å². The molecule has 0 bridgehead atoms. The second-order valence-electron chi connectivity index (χ2n) is 4.92. The van der Waals surface area contributed by atoms with Gasteiger partial charge in [-0.25, -0.2) is 4.79 Å². The van der Waals surface area contributed by atoms with Crippen LogP contribution in [0.25, 0.3) is 11.0 Å². The monoisotopic (exact) mass is 273 g/mol. The van der Waals surface area contributed by atoms with Crippen LogP contribution in [0.1, 0.15) is 17.3 Å². The Hall–Kier alpha value is -2.14. The van der Waals surface area contributed by atoms with E-state index in [4.69, 9.17) is 9.15 Å². The van der Waals surface area contributed by atoms with Crippen molar-refractivity contribution in [1.29, 1.82) is 0 Å². The number of rotatable bonds is 1. The fraction of sp³-hybridized carbons (Fsp3) is 0.333. The quantitative estimate of drug-likeness (QED) is 0.741. The van der Waals surface area contributed by atoms with Gasteiger partial charge in [-0.2, -0.15) is 0 Å². The molecule has 0 radical (unpaired) electrons. The highest BCUT2D eigenvalue weighted by atomic mass is 16.5. The summed E-state index contributed by atoms with van der Waals surface area (Å²) in [5.41, 5.74) is -0.0185. The molecule has 20 heavy (non-hydrogen) atoms. The summed E-state index contributed by atoms with van der Waals surface area (Å²) in [6.45, 7) is 3.38. The van der Waals surface area contributed by atoms with Crippen molar-refractivity contribution in [3.8, 4) is 0 Å². The molecule has 2 aromatic rings. The Morgan fingerprint density at radius 1 is 1.35 bits per heavy atom. The lowest BCUT2D eigenvalue weighted by atomic mass is 10.1. The lowest BCUT2D eigenvalue weighted by Gasteiger charge is -2.30. The van der Waals surface area contributed by atoms with Gasteiger partial charge in [0.2, 0.25) is 0 Å². The van der Waals surface area contributed by atoms with E-state index in [9.17, 15) is 9.59 Å². The first-order valence-corrected chi connectivity index (χ1v) is 6.59. The Morgan fingerprint density at radius 3 is 2.95 bits per heavy atom. The van der Waals surface area contributed by atoms with Crippen LogP contribution < -0.4 is 5.63 Å². The van der Waals surface area contributed by atoms with Crippen molar-refractivity contribution in [2.75, 3.05) is 19.7 Å². The number of morpholine rings is 1. The molecular weight excluding hydrogens is 258 g/mol. The number of carbonyl (C=O) groups is 1. The highest BCUT2D eigenvalue weighted by Gasteiger charge is 2.25. The minimum absolute atomic E-state index is 0.0137. The van der Waals surface area contributed by atoms with Gasteiger partial charge in [0.15, 0.2) is 0 Å². The van der Waals surface area contributed by atoms with E-state index >= 15 is 0 Å². The normalized spacial score (nSPS) is 19.2. The lowest BCUT2D eigenvalue weighted by Crippen LogP contribution is -2.45. The van der Waals surface area contributed by atoms with Crippen LogP contribution in [0.5, 0.6) is 0 Å². The second-order valence-corrected chi connectivity index (χ2v) is 4.92. The van der Waals surface area contributed by atoms with Gasteiger partial charge >= 0.3 is 5.63 Å². The third kappa shape index (κ3) is 2.32. The zero-order valence-corrected chi connectivity index (χ0v) is 11.2. The number of ether oxygens (including phenoxy) is 1. The molecule has 5 heteroatoms. The number of hydrogen-bond donors (Lipinski definition) is 0. The summed E-state index contributed by atoms with van der Waals surface area (Å²) in [6.07, 6.45) is -0.0137. The van der Waals surface area contributed by atoms with E-state index in [0.29, 0.717) is 25.3 Å². The van der Waals surface area contributed by atoms with Crippen LogP contribution in [0.3, 0.4) is 0 Å². The van der Waals surface area contributed by atoms with E-state index in [-0.39, 0.29) is 17.6 Å². The zero-order valence-electron chi connectivity index (χ0n) is 11.2. The second kappa shape index (κ2) is 5.09. The van der Waals surface area contributed by atoms with E-state index < -0.39 is 5.63 Å². The maximum absolute atomic E-state index is 12.4. The van der Waals surface area contributed by atoms with Gasteiger partial charge in [0.25, 0.3) is 5.91 Å². The Balaban J connectivity index is 1.98. The maximum Gasteiger partial charge on any atom is 0.349 e. The van der Waals surface area contributed by atoms with E-state index in [0.717, 1.165) is 5.39 Å². The largest absolute Gasteiger partial charge is 0.422 e. The van der Waals surface area contributed by atoms with Gasteiger partial charge in [-0.05, 0) is 19.1 Å². The van der Waals surface area contributed by atoms with E-state index in [1.807, 2.05) is 19.1 Å². The summed E-state index contributed by atoms with van der Waals surface area (Å²) in [5.74, 6) is -0.292. The highest BCUT2D eigenvalue weighted by molar-refractivity contribution is 5.96. The van der Waals surface area contributed by atoms with Crippen LogP contribution in [0.2, 0.25) is 0 Å². The first-order valence-electron chi connectivity index (χ1n) is 6.59. The molecule has 3 rings (SSSR count). The Kier molecular flexibility index (Phi) is 3.28.